The number of nitrogens with one attached hydrogen (secondary N) is 1. The van der Waals surface area contributed by atoms with E-state index in [4.69, 9.17) is 28.6 Å². The monoisotopic (exact) mass is 308 g/mol. The number of hydrogen-bond acceptors (Lipinski definition) is 3. The number of aryl methyl sites for hydroxylation is 2. The van der Waals surface area contributed by atoms with Gasteiger partial charge in [-0.15, -0.1) is 0 Å². The van der Waals surface area contributed by atoms with Crippen LogP contribution in [0.5, 0.6) is 5.75 Å². The van der Waals surface area contributed by atoms with Gasteiger partial charge in [0, 0.05) is 12.1 Å². The van der Waals surface area contributed by atoms with Crippen LogP contribution >= 0.6 is 23.8 Å². The van der Waals surface area contributed by atoms with Crippen molar-refractivity contribution >= 4 is 35.0 Å². The molecule has 20 heavy (non-hydrogen) atoms. The molecule has 2 aromatic heterocycles. The largest absolute Gasteiger partial charge is 0.495 e. The average Bonchev–Trinajstić information content (AvgIpc) is 2.88. The molecule has 0 bridgehead atoms. The van der Waals surface area contributed by atoms with Crippen LogP contribution in [0, 0.1) is 11.7 Å². The topological polar surface area (TPSA) is 47.8 Å². The zero-order valence-electron chi connectivity index (χ0n) is 11.3. The second kappa shape index (κ2) is 4.64. The fourth-order valence-electron chi connectivity index (χ4n) is 2.37. The summed E-state index contributed by atoms with van der Waals surface area (Å²) in [5, 5.41) is 5.02. The van der Waals surface area contributed by atoms with E-state index in [0.29, 0.717) is 15.5 Å². The fraction of sp³-hybridized carbons (Fsp3) is 0.231. The van der Waals surface area contributed by atoms with Crippen molar-refractivity contribution in [2.24, 2.45) is 7.05 Å². The molecule has 0 unspecified atom stereocenters. The molecule has 0 fully saturated rings. The molecule has 5 nitrogen and oxygen atoms in total. The molecule has 3 rings (SSSR count). The van der Waals surface area contributed by atoms with Crippen LogP contribution in [-0.4, -0.2) is 26.4 Å². The first-order valence-electron chi connectivity index (χ1n) is 6.01. The predicted molar refractivity (Wildman–Crippen MR) is 81.5 cm³/mol. The summed E-state index contributed by atoms with van der Waals surface area (Å²) in [5.41, 5.74) is 3.49. The minimum absolute atomic E-state index is 0.580. The molecule has 0 aliphatic carbocycles. The molecular weight excluding hydrogens is 296 g/mol. The zero-order valence-corrected chi connectivity index (χ0v) is 12.8. The maximum atomic E-state index is 6.10. The van der Waals surface area contributed by atoms with E-state index in [2.05, 4.69) is 10.1 Å². The van der Waals surface area contributed by atoms with Crippen molar-refractivity contribution in [3.05, 3.63) is 33.7 Å². The van der Waals surface area contributed by atoms with Gasteiger partial charge in [-0.3, -0.25) is 4.57 Å². The first-order valence-corrected chi connectivity index (χ1v) is 6.79. The molecule has 0 spiro atoms. The first kappa shape index (κ1) is 13.2. The van der Waals surface area contributed by atoms with Crippen molar-refractivity contribution in [3.63, 3.8) is 0 Å². The molecule has 0 saturated heterocycles. The Labute approximate surface area is 125 Å². The maximum absolute atomic E-state index is 6.10. The van der Waals surface area contributed by atoms with E-state index >= 15 is 0 Å². The van der Waals surface area contributed by atoms with Gasteiger partial charge in [-0.2, -0.15) is 5.10 Å². The third-order valence-corrected chi connectivity index (χ3v) is 3.74. The summed E-state index contributed by atoms with van der Waals surface area (Å²) in [7, 11) is 3.50. The summed E-state index contributed by atoms with van der Waals surface area (Å²) < 4.78 is 9.66. The highest BCUT2D eigenvalue weighted by Gasteiger charge is 2.16. The zero-order chi connectivity index (χ0) is 14.4. The fourth-order valence-corrected chi connectivity index (χ4v) is 2.82. The molecule has 3 aromatic rings. The SMILES string of the molecule is COc1ccc(Cl)cc1-n1c(=S)[nH]c2c(C)nn(C)c21. The number of halogens is 1. The van der Waals surface area contributed by atoms with Crippen molar-refractivity contribution in [1.29, 1.82) is 0 Å². The van der Waals surface area contributed by atoms with Gasteiger partial charge in [-0.05, 0) is 37.3 Å². The van der Waals surface area contributed by atoms with Crippen LogP contribution in [-0.2, 0) is 7.05 Å². The van der Waals surface area contributed by atoms with Crippen molar-refractivity contribution in [2.75, 3.05) is 7.11 Å². The lowest BCUT2D eigenvalue weighted by molar-refractivity contribution is 0.413. The van der Waals surface area contributed by atoms with E-state index in [9.17, 15) is 0 Å². The Bertz CT molecular complexity index is 861. The lowest BCUT2D eigenvalue weighted by Crippen LogP contribution is -2.02. The average molecular weight is 309 g/mol. The van der Waals surface area contributed by atoms with Gasteiger partial charge in [-0.25, -0.2) is 4.68 Å². The summed E-state index contributed by atoms with van der Waals surface area (Å²) in [6.07, 6.45) is 0. The smallest absolute Gasteiger partial charge is 0.184 e. The maximum Gasteiger partial charge on any atom is 0.184 e. The standard InChI is InChI=1S/C13H13ClN4OS/c1-7-11-12(17(2)16-7)18(13(20)15-11)9-6-8(14)4-5-10(9)19-3/h4-6H,1-3H3,(H,15,20). The number of H-pyrrole nitrogens is 1. The van der Waals surface area contributed by atoms with E-state index in [-0.39, 0.29) is 0 Å². The molecule has 7 heteroatoms. The number of imidazole rings is 1. The summed E-state index contributed by atoms with van der Waals surface area (Å²) in [5.74, 6) is 0.699. The molecule has 0 aliphatic heterocycles. The Morgan fingerprint density at radius 2 is 2.15 bits per heavy atom. The van der Waals surface area contributed by atoms with E-state index in [1.165, 1.54) is 0 Å². The molecule has 1 N–H and O–H groups in total. The Morgan fingerprint density at radius 1 is 1.40 bits per heavy atom. The van der Waals surface area contributed by atoms with Gasteiger partial charge in [0.25, 0.3) is 0 Å². The highest BCUT2D eigenvalue weighted by Crippen LogP contribution is 2.30. The van der Waals surface area contributed by atoms with Gasteiger partial charge >= 0.3 is 0 Å². The minimum Gasteiger partial charge on any atom is -0.495 e. The number of hydrogen-bond donors (Lipinski definition) is 1. The Balaban J connectivity index is 2.43. The van der Waals surface area contributed by atoms with Gasteiger partial charge in [0.1, 0.15) is 11.3 Å². The van der Waals surface area contributed by atoms with E-state index in [1.807, 2.05) is 30.7 Å². The summed E-state index contributed by atoms with van der Waals surface area (Å²) in [6.45, 7) is 1.94. The highest BCUT2D eigenvalue weighted by atomic mass is 35.5. The van der Waals surface area contributed by atoms with E-state index < -0.39 is 0 Å². The first-order chi connectivity index (χ1) is 9.52. The minimum atomic E-state index is 0.580. The summed E-state index contributed by atoms with van der Waals surface area (Å²) >= 11 is 11.5. The third-order valence-electron chi connectivity index (χ3n) is 3.22. The number of fused-ring (bicyclic) bond motifs is 1. The van der Waals surface area contributed by atoms with Crippen LogP contribution in [0.1, 0.15) is 5.69 Å². The third kappa shape index (κ3) is 1.83. The van der Waals surface area contributed by atoms with Crippen LogP contribution < -0.4 is 4.74 Å². The number of nitrogens with zero attached hydrogens (tertiary/aromatic N) is 3. The number of benzene rings is 1. The number of aromatic nitrogens is 4. The van der Waals surface area contributed by atoms with Crippen LogP contribution in [0.3, 0.4) is 0 Å². The van der Waals surface area contributed by atoms with Crippen molar-refractivity contribution in [1.82, 2.24) is 19.3 Å². The van der Waals surface area contributed by atoms with Crippen molar-refractivity contribution in [2.45, 2.75) is 6.92 Å². The Morgan fingerprint density at radius 3 is 2.85 bits per heavy atom. The lowest BCUT2D eigenvalue weighted by Gasteiger charge is -2.10. The van der Waals surface area contributed by atoms with Crippen molar-refractivity contribution in [3.8, 4) is 11.4 Å². The predicted octanol–water partition coefficient (Wildman–Crippen LogP) is 3.39. The highest BCUT2D eigenvalue weighted by molar-refractivity contribution is 7.71. The van der Waals surface area contributed by atoms with Crippen LogP contribution in [0.15, 0.2) is 18.2 Å². The Hall–Kier alpha value is -1.79. The van der Waals surface area contributed by atoms with Crippen molar-refractivity contribution < 1.29 is 4.74 Å². The molecule has 0 aliphatic rings. The number of rotatable bonds is 2. The van der Waals surface area contributed by atoms with Gasteiger partial charge < -0.3 is 9.72 Å². The van der Waals surface area contributed by atoms with Gasteiger partial charge in [-0.1, -0.05) is 11.6 Å². The lowest BCUT2D eigenvalue weighted by atomic mass is 10.3. The number of ether oxygens (including phenoxy) is 1. The summed E-state index contributed by atoms with van der Waals surface area (Å²) in [6, 6.07) is 5.43. The molecule has 0 amide bonds. The van der Waals surface area contributed by atoms with Gasteiger partial charge in [0.15, 0.2) is 10.4 Å². The Kier molecular flexibility index (Phi) is 3.07. The molecule has 2 heterocycles. The molecule has 0 radical (unpaired) electrons. The molecule has 1 aromatic carbocycles. The number of methoxy groups -OCH3 is 1. The molecule has 0 atom stereocenters. The second-order valence-electron chi connectivity index (χ2n) is 4.49. The number of aromatic amines is 1. The van der Waals surface area contributed by atoms with Crippen LogP contribution in [0.25, 0.3) is 16.9 Å². The second-order valence-corrected chi connectivity index (χ2v) is 5.31. The molecule has 104 valence electrons. The van der Waals surface area contributed by atoms with Crippen LogP contribution in [0.4, 0.5) is 0 Å². The molecule has 0 saturated carbocycles. The van der Waals surface area contributed by atoms with Gasteiger partial charge in [0.2, 0.25) is 0 Å². The summed E-state index contributed by atoms with van der Waals surface area (Å²) in [4.78, 5) is 3.18. The quantitative estimate of drug-likeness (QED) is 0.738. The normalized spacial score (nSPS) is 11.2. The van der Waals surface area contributed by atoms with E-state index in [1.54, 1.807) is 17.9 Å². The molecular formula is C13H13ClN4OS. The van der Waals surface area contributed by atoms with Crippen LogP contribution in [0.2, 0.25) is 5.02 Å². The van der Waals surface area contributed by atoms with E-state index in [0.717, 1.165) is 22.5 Å². The van der Waals surface area contributed by atoms with Gasteiger partial charge in [0.05, 0.1) is 18.5 Å².